The lowest BCUT2D eigenvalue weighted by Crippen LogP contribution is -2.37. The smallest absolute Gasteiger partial charge is 0.304 e. The number of carboxylic acid groups (broad SMARTS) is 1. The Morgan fingerprint density at radius 3 is 3.00 bits per heavy atom. The number of carbonyl (C=O) groups is 2. The van der Waals surface area contributed by atoms with E-state index in [1.54, 1.807) is 0 Å². The van der Waals surface area contributed by atoms with Crippen LogP contribution in [0, 0.1) is 5.92 Å². The van der Waals surface area contributed by atoms with Gasteiger partial charge in [-0.05, 0) is 12.8 Å². The highest BCUT2D eigenvalue weighted by Crippen LogP contribution is 2.14. The van der Waals surface area contributed by atoms with Crippen LogP contribution in [-0.4, -0.2) is 23.5 Å². The van der Waals surface area contributed by atoms with Crippen LogP contribution in [0.1, 0.15) is 19.3 Å². The van der Waals surface area contributed by atoms with Crippen molar-refractivity contribution < 1.29 is 14.7 Å². The van der Waals surface area contributed by atoms with E-state index in [1.807, 2.05) is 0 Å². The van der Waals surface area contributed by atoms with Crippen LogP contribution >= 0.6 is 0 Å². The standard InChI is InChI=1S/C7H11NO3/c9-6(10)4-5-2-1-3-8-7(5)11/h5H,1-4H2,(H,8,11)(H,9,10)/t5-/m1/s1. The van der Waals surface area contributed by atoms with Gasteiger partial charge in [0.2, 0.25) is 5.91 Å². The van der Waals surface area contributed by atoms with Crippen LogP contribution in [0.5, 0.6) is 0 Å². The number of nitrogens with one attached hydrogen (secondary N) is 1. The third kappa shape index (κ3) is 2.22. The molecule has 0 aromatic carbocycles. The van der Waals surface area contributed by atoms with Crippen molar-refractivity contribution in [2.24, 2.45) is 5.92 Å². The molecular formula is C7H11NO3. The number of piperidine rings is 1. The summed E-state index contributed by atoms with van der Waals surface area (Å²) in [5.74, 6) is -1.31. The summed E-state index contributed by atoms with van der Waals surface area (Å²) in [7, 11) is 0. The molecule has 4 nitrogen and oxygen atoms in total. The molecule has 1 atom stereocenters. The van der Waals surface area contributed by atoms with Gasteiger partial charge in [0.05, 0.1) is 6.42 Å². The predicted octanol–water partition coefficient (Wildman–Crippen LogP) is -0.0127. The van der Waals surface area contributed by atoms with Crippen LogP contribution in [0.25, 0.3) is 0 Å². The van der Waals surface area contributed by atoms with Crippen LogP contribution in [0.3, 0.4) is 0 Å². The minimum absolute atomic E-state index is 0.0359. The second-order valence-electron chi connectivity index (χ2n) is 2.73. The summed E-state index contributed by atoms with van der Waals surface area (Å²) in [6.07, 6.45) is 1.56. The number of carbonyl (C=O) groups excluding carboxylic acids is 1. The summed E-state index contributed by atoms with van der Waals surface area (Å²) in [6, 6.07) is 0. The molecule has 1 aliphatic rings. The van der Waals surface area contributed by atoms with E-state index in [0.717, 1.165) is 6.42 Å². The van der Waals surface area contributed by atoms with E-state index in [1.165, 1.54) is 0 Å². The van der Waals surface area contributed by atoms with Crippen molar-refractivity contribution in [1.29, 1.82) is 0 Å². The zero-order chi connectivity index (χ0) is 8.27. The molecule has 0 unspecified atom stereocenters. The maximum Gasteiger partial charge on any atom is 0.304 e. The fourth-order valence-corrected chi connectivity index (χ4v) is 1.24. The molecule has 4 heteroatoms. The molecule has 0 spiro atoms. The van der Waals surface area contributed by atoms with Gasteiger partial charge in [0.15, 0.2) is 0 Å². The number of hydrogen-bond donors (Lipinski definition) is 2. The Morgan fingerprint density at radius 2 is 2.45 bits per heavy atom. The monoisotopic (exact) mass is 157 g/mol. The lowest BCUT2D eigenvalue weighted by Gasteiger charge is -2.19. The maximum atomic E-state index is 11.0. The highest BCUT2D eigenvalue weighted by molar-refractivity contribution is 5.83. The third-order valence-corrected chi connectivity index (χ3v) is 1.82. The predicted molar refractivity (Wildman–Crippen MR) is 38.0 cm³/mol. The van der Waals surface area contributed by atoms with Crippen LogP contribution in [-0.2, 0) is 9.59 Å². The average Bonchev–Trinajstić information content (AvgIpc) is 1.93. The fourth-order valence-electron chi connectivity index (χ4n) is 1.24. The van der Waals surface area contributed by atoms with E-state index >= 15 is 0 Å². The van der Waals surface area contributed by atoms with Crippen LogP contribution in [0.15, 0.2) is 0 Å². The quantitative estimate of drug-likeness (QED) is 0.592. The summed E-state index contributed by atoms with van der Waals surface area (Å²) < 4.78 is 0. The Kier molecular flexibility index (Phi) is 2.46. The molecule has 0 aromatic rings. The molecule has 62 valence electrons. The van der Waals surface area contributed by atoms with E-state index < -0.39 is 5.97 Å². The number of aliphatic carboxylic acids is 1. The van der Waals surface area contributed by atoms with Gasteiger partial charge in [-0.1, -0.05) is 0 Å². The zero-order valence-corrected chi connectivity index (χ0v) is 6.17. The van der Waals surface area contributed by atoms with Crippen LogP contribution < -0.4 is 5.32 Å². The van der Waals surface area contributed by atoms with Crippen molar-refractivity contribution in [1.82, 2.24) is 5.32 Å². The lowest BCUT2D eigenvalue weighted by atomic mass is 9.95. The number of rotatable bonds is 2. The van der Waals surface area contributed by atoms with Crippen molar-refractivity contribution >= 4 is 11.9 Å². The molecule has 0 bridgehead atoms. The highest BCUT2D eigenvalue weighted by atomic mass is 16.4. The molecule has 1 aliphatic heterocycles. The summed E-state index contributed by atoms with van der Waals surface area (Å²) in [5, 5.41) is 11.0. The fraction of sp³-hybridized carbons (Fsp3) is 0.714. The Hall–Kier alpha value is -1.06. The summed E-state index contributed by atoms with van der Waals surface area (Å²) in [4.78, 5) is 21.2. The van der Waals surface area contributed by atoms with Crippen molar-refractivity contribution in [2.75, 3.05) is 6.54 Å². The van der Waals surface area contributed by atoms with E-state index in [2.05, 4.69) is 5.32 Å². The maximum absolute atomic E-state index is 11.0. The van der Waals surface area contributed by atoms with E-state index in [0.29, 0.717) is 13.0 Å². The minimum Gasteiger partial charge on any atom is -0.481 e. The van der Waals surface area contributed by atoms with Gasteiger partial charge in [-0.15, -0.1) is 0 Å². The first-order chi connectivity index (χ1) is 5.20. The van der Waals surface area contributed by atoms with Crippen LogP contribution in [0.4, 0.5) is 0 Å². The summed E-state index contributed by atoms with van der Waals surface area (Å²) in [6.45, 7) is 0.689. The van der Waals surface area contributed by atoms with Gasteiger partial charge in [-0.25, -0.2) is 0 Å². The zero-order valence-electron chi connectivity index (χ0n) is 6.17. The summed E-state index contributed by atoms with van der Waals surface area (Å²) >= 11 is 0. The number of carboxylic acids is 1. The van der Waals surface area contributed by atoms with Crippen LogP contribution in [0.2, 0.25) is 0 Å². The first-order valence-corrected chi connectivity index (χ1v) is 3.69. The molecular weight excluding hydrogens is 146 g/mol. The van der Waals surface area contributed by atoms with Crippen molar-refractivity contribution in [2.45, 2.75) is 19.3 Å². The van der Waals surface area contributed by atoms with E-state index in [4.69, 9.17) is 5.11 Å². The second kappa shape index (κ2) is 3.37. The van der Waals surface area contributed by atoms with Crippen molar-refractivity contribution in [3.63, 3.8) is 0 Å². The average molecular weight is 157 g/mol. The highest BCUT2D eigenvalue weighted by Gasteiger charge is 2.23. The topological polar surface area (TPSA) is 66.4 Å². The largest absolute Gasteiger partial charge is 0.481 e. The Bertz CT molecular complexity index is 179. The second-order valence-corrected chi connectivity index (χ2v) is 2.73. The third-order valence-electron chi connectivity index (χ3n) is 1.82. The van der Waals surface area contributed by atoms with Gasteiger partial charge < -0.3 is 10.4 Å². The van der Waals surface area contributed by atoms with Gasteiger partial charge in [0, 0.05) is 12.5 Å². The molecule has 0 aliphatic carbocycles. The van der Waals surface area contributed by atoms with E-state index in [9.17, 15) is 9.59 Å². The SMILES string of the molecule is O=C(O)C[C@H]1CCCNC1=O. The molecule has 1 amide bonds. The molecule has 2 N–H and O–H groups in total. The molecule has 1 fully saturated rings. The molecule has 0 saturated carbocycles. The van der Waals surface area contributed by atoms with Gasteiger partial charge >= 0.3 is 5.97 Å². The Labute approximate surface area is 64.6 Å². The van der Waals surface area contributed by atoms with Gasteiger partial charge in [-0.3, -0.25) is 9.59 Å². The van der Waals surface area contributed by atoms with Crippen molar-refractivity contribution in [3.05, 3.63) is 0 Å². The van der Waals surface area contributed by atoms with E-state index in [-0.39, 0.29) is 18.2 Å². The minimum atomic E-state index is -0.896. The molecule has 1 heterocycles. The molecule has 0 radical (unpaired) electrons. The molecule has 1 rings (SSSR count). The van der Waals surface area contributed by atoms with Gasteiger partial charge in [0.25, 0.3) is 0 Å². The molecule has 11 heavy (non-hydrogen) atoms. The van der Waals surface area contributed by atoms with Crippen molar-refractivity contribution in [3.8, 4) is 0 Å². The Morgan fingerprint density at radius 1 is 1.73 bits per heavy atom. The number of amides is 1. The normalized spacial score (nSPS) is 24.4. The summed E-state index contributed by atoms with van der Waals surface area (Å²) in [5.41, 5.74) is 0. The lowest BCUT2D eigenvalue weighted by molar-refractivity contribution is -0.141. The Balaban J connectivity index is 2.42. The van der Waals surface area contributed by atoms with Gasteiger partial charge in [0.1, 0.15) is 0 Å². The number of hydrogen-bond acceptors (Lipinski definition) is 2. The first-order valence-electron chi connectivity index (χ1n) is 3.69. The van der Waals surface area contributed by atoms with Gasteiger partial charge in [-0.2, -0.15) is 0 Å². The molecule has 0 aromatic heterocycles. The molecule has 1 saturated heterocycles. The first kappa shape index (κ1) is 8.04.